The number of carbonyl (C=O) groups is 2. The van der Waals surface area contributed by atoms with E-state index in [9.17, 15) is 9.59 Å². The summed E-state index contributed by atoms with van der Waals surface area (Å²) in [5, 5.41) is 3.00. The van der Waals surface area contributed by atoms with Crippen molar-refractivity contribution in [1.29, 1.82) is 0 Å². The van der Waals surface area contributed by atoms with Gasteiger partial charge in [0.1, 0.15) is 11.1 Å². The minimum absolute atomic E-state index is 0.0703. The van der Waals surface area contributed by atoms with Gasteiger partial charge in [-0.2, -0.15) is 0 Å². The first-order valence-electron chi connectivity index (χ1n) is 15.0. The van der Waals surface area contributed by atoms with Gasteiger partial charge in [-0.05, 0) is 50.8 Å². The fourth-order valence-corrected chi connectivity index (χ4v) is 5.54. The number of hydrogen-bond acceptors (Lipinski definition) is 5. The molecule has 1 amide bonds. The average molecular weight is 586 g/mol. The zero-order valence-electron chi connectivity index (χ0n) is 26.7. The van der Waals surface area contributed by atoms with E-state index >= 15 is 0 Å². The Labute approximate surface area is 257 Å². The second-order valence-electron chi connectivity index (χ2n) is 12.0. The van der Waals surface area contributed by atoms with E-state index in [1.54, 1.807) is 0 Å². The molecule has 0 fully saturated rings. The summed E-state index contributed by atoms with van der Waals surface area (Å²) in [6.45, 7) is 12.5. The van der Waals surface area contributed by atoms with Crippen LogP contribution in [0, 0.1) is 5.41 Å². The molecule has 0 aliphatic heterocycles. The van der Waals surface area contributed by atoms with Gasteiger partial charge in [-0.15, -0.1) is 0 Å². The molecule has 3 aromatic carbocycles. The maximum atomic E-state index is 13.2. The number of nitrogens with zero attached hydrogens (tertiary/aromatic N) is 2. The Hall–Kier alpha value is -4.13. The molecule has 0 spiro atoms. The largest absolute Gasteiger partial charge is 0.469 e. The van der Waals surface area contributed by atoms with Crippen LogP contribution in [0.3, 0.4) is 0 Å². The number of methoxy groups -OCH3 is 1. The average Bonchev–Trinajstić information content (AvgIpc) is 3.01. The predicted molar refractivity (Wildman–Crippen MR) is 173 cm³/mol. The summed E-state index contributed by atoms with van der Waals surface area (Å²) in [4.78, 5) is 33.1. The number of amides is 1. The molecule has 0 bridgehead atoms. The highest BCUT2D eigenvalue weighted by Crippen LogP contribution is 2.46. The molecular formula is C36H47N3O4. The molecule has 7 heteroatoms. The summed E-state index contributed by atoms with van der Waals surface area (Å²) >= 11 is 0. The van der Waals surface area contributed by atoms with Crippen LogP contribution < -0.4 is 5.32 Å². The minimum atomic E-state index is -0.885. The van der Waals surface area contributed by atoms with Crippen LogP contribution in [-0.2, 0) is 19.8 Å². The van der Waals surface area contributed by atoms with Gasteiger partial charge in [0, 0.05) is 24.5 Å². The van der Waals surface area contributed by atoms with Gasteiger partial charge >= 0.3 is 12.1 Å². The van der Waals surface area contributed by atoms with Gasteiger partial charge in [0.15, 0.2) is 0 Å². The smallest absolute Gasteiger partial charge is 0.407 e. The minimum Gasteiger partial charge on any atom is -0.469 e. The van der Waals surface area contributed by atoms with Crippen molar-refractivity contribution >= 4 is 18.4 Å². The van der Waals surface area contributed by atoms with Crippen LogP contribution in [0.15, 0.2) is 96.0 Å². The fraction of sp³-hybridized carbons (Fsp3) is 0.417. The van der Waals surface area contributed by atoms with Gasteiger partial charge in [-0.3, -0.25) is 9.79 Å². The SMILES string of the molecule is CCN=CN(C(CC(=O)OC)C(C)(CC)CNC(=O)OC(C)(C)C)C(c1ccccc1)(c1ccccc1)c1ccccc1. The van der Waals surface area contributed by atoms with Crippen LogP contribution in [0.2, 0.25) is 0 Å². The van der Waals surface area contributed by atoms with E-state index in [0.717, 1.165) is 16.7 Å². The molecule has 1 N–H and O–H groups in total. The van der Waals surface area contributed by atoms with Gasteiger partial charge in [0.05, 0.1) is 19.9 Å². The highest BCUT2D eigenvalue weighted by Gasteiger charge is 2.49. The molecular weight excluding hydrogens is 538 g/mol. The number of aliphatic imine (C=N–C) groups is 1. The standard InChI is InChI=1S/C36H47N3O4/c1-8-35(6,26-38-33(41)43-34(3,4)5)31(25-32(40)42-7)39(27-37-9-2)36(28-19-13-10-14-20-28,29-21-15-11-16-22-29)30-23-17-12-18-24-30/h10-24,27,31H,8-9,25-26H2,1-7H3,(H,38,41). The number of esters is 1. The van der Waals surface area contributed by atoms with Crippen LogP contribution in [0.25, 0.3) is 0 Å². The molecule has 0 saturated heterocycles. The highest BCUT2D eigenvalue weighted by atomic mass is 16.6. The molecule has 7 nitrogen and oxygen atoms in total. The third kappa shape index (κ3) is 8.04. The Morgan fingerprint density at radius 3 is 1.67 bits per heavy atom. The zero-order chi connectivity index (χ0) is 31.5. The lowest BCUT2D eigenvalue weighted by Crippen LogP contribution is -2.60. The lowest BCUT2D eigenvalue weighted by atomic mass is 9.70. The van der Waals surface area contributed by atoms with Gasteiger partial charge in [0.2, 0.25) is 0 Å². The predicted octanol–water partition coefficient (Wildman–Crippen LogP) is 7.20. The quantitative estimate of drug-likeness (QED) is 0.0993. The Morgan fingerprint density at radius 1 is 0.837 bits per heavy atom. The van der Waals surface area contributed by atoms with Crippen molar-refractivity contribution in [3.63, 3.8) is 0 Å². The molecule has 0 aliphatic rings. The lowest BCUT2D eigenvalue weighted by molar-refractivity contribution is -0.143. The Morgan fingerprint density at radius 2 is 1.30 bits per heavy atom. The number of nitrogens with one attached hydrogen (secondary N) is 1. The lowest BCUT2D eigenvalue weighted by Gasteiger charge is -2.53. The van der Waals surface area contributed by atoms with E-state index in [1.807, 2.05) is 88.6 Å². The summed E-state index contributed by atoms with van der Waals surface area (Å²) in [7, 11) is 1.41. The highest BCUT2D eigenvalue weighted by molar-refractivity contribution is 5.72. The maximum Gasteiger partial charge on any atom is 0.407 e. The topological polar surface area (TPSA) is 80.2 Å². The molecule has 3 rings (SSSR count). The fourth-order valence-electron chi connectivity index (χ4n) is 5.54. The first kappa shape index (κ1) is 33.4. The van der Waals surface area contributed by atoms with E-state index < -0.39 is 28.7 Å². The number of rotatable bonds is 13. The first-order valence-corrected chi connectivity index (χ1v) is 15.0. The number of ether oxygens (including phenoxy) is 2. The number of hydrogen-bond donors (Lipinski definition) is 1. The van der Waals surface area contributed by atoms with Crippen molar-refractivity contribution < 1.29 is 19.1 Å². The van der Waals surface area contributed by atoms with Gasteiger partial charge < -0.3 is 19.7 Å². The third-order valence-electron chi connectivity index (χ3n) is 7.92. The first-order chi connectivity index (χ1) is 20.5. The molecule has 3 aromatic rings. The van der Waals surface area contributed by atoms with Gasteiger partial charge in [-0.25, -0.2) is 4.79 Å². The van der Waals surface area contributed by atoms with Gasteiger partial charge in [-0.1, -0.05) is 105 Å². The number of carbonyl (C=O) groups excluding carboxylic acids is 2. The summed E-state index contributed by atoms with van der Waals surface area (Å²) in [6, 6.07) is 30.4. The van der Waals surface area contributed by atoms with Crippen LogP contribution in [-0.4, -0.2) is 55.1 Å². The summed E-state index contributed by atoms with van der Waals surface area (Å²) < 4.78 is 10.9. The molecule has 0 aromatic heterocycles. The summed E-state index contributed by atoms with van der Waals surface area (Å²) in [6.07, 6.45) is 2.09. The van der Waals surface area contributed by atoms with Crippen molar-refractivity contribution in [1.82, 2.24) is 10.2 Å². The molecule has 230 valence electrons. The Balaban J connectivity index is 2.37. The summed E-state index contributed by atoms with van der Waals surface area (Å²) in [5.41, 5.74) is 0.911. The van der Waals surface area contributed by atoms with Crippen molar-refractivity contribution in [3.05, 3.63) is 108 Å². The molecule has 0 aliphatic carbocycles. The maximum absolute atomic E-state index is 13.2. The molecule has 2 atom stereocenters. The second kappa shape index (κ2) is 14.9. The van der Waals surface area contributed by atoms with E-state index in [4.69, 9.17) is 14.5 Å². The molecule has 43 heavy (non-hydrogen) atoms. The molecule has 0 heterocycles. The number of alkyl carbamates (subject to hydrolysis) is 1. The van der Waals surface area contributed by atoms with Crippen LogP contribution >= 0.6 is 0 Å². The van der Waals surface area contributed by atoms with Crippen molar-refractivity contribution in [2.45, 2.75) is 71.6 Å². The molecule has 2 unspecified atom stereocenters. The monoisotopic (exact) mass is 585 g/mol. The van der Waals surface area contributed by atoms with Crippen molar-refractivity contribution in [3.8, 4) is 0 Å². The van der Waals surface area contributed by atoms with E-state index in [-0.39, 0.29) is 18.9 Å². The Kier molecular flexibility index (Phi) is 11.5. The second-order valence-corrected chi connectivity index (χ2v) is 12.0. The molecule has 0 radical (unpaired) electrons. The molecule has 0 saturated carbocycles. The van der Waals surface area contributed by atoms with Crippen molar-refractivity contribution in [2.75, 3.05) is 20.2 Å². The van der Waals surface area contributed by atoms with E-state index in [2.05, 4.69) is 60.5 Å². The third-order valence-corrected chi connectivity index (χ3v) is 7.92. The van der Waals surface area contributed by atoms with E-state index in [1.165, 1.54) is 7.11 Å². The van der Waals surface area contributed by atoms with Crippen LogP contribution in [0.5, 0.6) is 0 Å². The van der Waals surface area contributed by atoms with Crippen LogP contribution in [0.4, 0.5) is 4.79 Å². The summed E-state index contributed by atoms with van der Waals surface area (Å²) in [5.74, 6) is -0.347. The number of benzene rings is 3. The van der Waals surface area contributed by atoms with Gasteiger partial charge in [0.25, 0.3) is 0 Å². The van der Waals surface area contributed by atoms with Crippen molar-refractivity contribution in [2.24, 2.45) is 10.4 Å². The zero-order valence-corrected chi connectivity index (χ0v) is 26.7. The van der Waals surface area contributed by atoms with E-state index in [0.29, 0.717) is 13.0 Å². The Bertz CT molecular complexity index is 1230. The van der Waals surface area contributed by atoms with Crippen LogP contribution in [0.1, 0.15) is 71.1 Å². The normalized spacial score (nSPS) is 14.0.